The van der Waals surface area contributed by atoms with Crippen LogP contribution in [0.3, 0.4) is 0 Å². The van der Waals surface area contributed by atoms with Gasteiger partial charge in [0.25, 0.3) is 5.91 Å². The molecule has 1 amide bonds. The largest absolute Gasteiger partial charge is 0.483 e. The zero-order valence-electron chi connectivity index (χ0n) is 14.6. The highest BCUT2D eigenvalue weighted by Gasteiger charge is 2.32. The van der Waals surface area contributed by atoms with Crippen LogP contribution in [0.1, 0.15) is 19.4 Å². The number of hydrogen-bond acceptors (Lipinski definition) is 5. The highest BCUT2D eigenvalue weighted by atomic mass is 32.1. The van der Waals surface area contributed by atoms with Crippen molar-refractivity contribution < 1.29 is 23.0 Å². The van der Waals surface area contributed by atoms with Crippen LogP contribution >= 0.6 is 11.3 Å². The number of rotatable bonds is 4. The minimum atomic E-state index is -0.766. The lowest BCUT2D eigenvalue weighted by Crippen LogP contribution is -2.25. The van der Waals surface area contributed by atoms with Crippen LogP contribution in [-0.4, -0.2) is 23.1 Å². The van der Waals surface area contributed by atoms with Crippen LogP contribution in [0, 0.1) is 11.6 Å². The molecule has 0 spiro atoms. The number of carbonyl (C=O) groups excluding carboxylic acids is 1. The summed E-state index contributed by atoms with van der Waals surface area (Å²) in [6.07, 6.45) is 0.763. The van der Waals surface area contributed by atoms with E-state index in [9.17, 15) is 13.6 Å². The van der Waals surface area contributed by atoms with E-state index in [1.807, 2.05) is 26.0 Å². The average Bonchev–Trinajstić information content (AvgIpc) is 3.11. The maximum absolute atomic E-state index is 13.7. The molecular formula is C19H16F2N2O3S. The number of para-hydroxylation sites is 1. The molecule has 3 aromatic rings. The number of hydrogen-bond donors (Lipinski definition) is 1. The number of aromatic nitrogens is 1. The van der Waals surface area contributed by atoms with Crippen LogP contribution in [-0.2, 0) is 11.2 Å². The molecule has 0 atom stereocenters. The summed E-state index contributed by atoms with van der Waals surface area (Å²) >= 11 is 0.992. The summed E-state index contributed by atoms with van der Waals surface area (Å²) in [5.41, 5.74) is 0.737. The Morgan fingerprint density at radius 1 is 1.37 bits per heavy atom. The number of anilines is 1. The van der Waals surface area contributed by atoms with E-state index in [-0.39, 0.29) is 22.9 Å². The molecule has 5 nitrogen and oxygen atoms in total. The van der Waals surface area contributed by atoms with Gasteiger partial charge in [-0.15, -0.1) is 0 Å². The highest BCUT2D eigenvalue weighted by Crippen LogP contribution is 2.41. The molecule has 1 aromatic heterocycles. The Labute approximate surface area is 157 Å². The van der Waals surface area contributed by atoms with Crippen molar-refractivity contribution >= 4 is 32.6 Å². The number of fused-ring (bicyclic) bond motifs is 2. The van der Waals surface area contributed by atoms with Gasteiger partial charge in [-0.2, -0.15) is 0 Å². The molecule has 0 unspecified atom stereocenters. The lowest BCUT2D eigenvalue weighted by molar-refractivity contribution is -0.118. The van der Waals surface area contributed by atoms with Crippen molar-refractivity contribution in [1.82, 2.24) is 4.98 Å². The van der Waals surface area contributed by atoms with Crippen molar-refractivity contribution in [2.45, 2.75) is 25.9 Å². The zero-order chi connectivity index (χ0) is 19.2. The fraction of sp³-hybridized carbons (Fsp3) is 0.263. The number of ether oxygens (including phenoxy) is 2. The van der Waals surface area contributed by atoms with Crippen LogP contribution in [0.15, 0.2) is 30.3 Å². The fourth-order valence-electron chi connectivity index (χ4n) is 3.01. The predicted molar refractivity (Wildman–Crippen MR) is 98.5 cm³/mol. The second-order valence-electron chi connectivity index (χ2n) is 6.87. The summed E-state index contributed by atoms with van der Waals surface area (Å²) in [5, 5.41) is 2.73. The Balaban J connectivity index is 1.44. The van der Waals surface area contributed by atoms with E-state index in [1.54, 1.807) is 6.07 Å². The number of nitrogens with one attached hydrogen (secondary N) is 1. The fourth-order valence-corrected chi connectivity index (χ4v) is 3.93. The number of thiazole rings is 1. The maximum Gasteiger partial charge on any atom is 0.264 e. The monoisotopic (exact) mass is 390 g/mol. The summed E-state index contributed by atoms with van der Waals surface area (Å²) in [6, 6.07) is 7.49. The van der Waals surface area contributed by atoms with Gasteiger partial charge in [-0.3, -0.25) is 10.1 Å². The lowest BCUT2D eigenvalue weighted by atomic mass is 10.0. The first-order chi connectivity index (χ1) is 12.8. The van der Waals surface area contributed by atoms with Crippen LogP contribution in [0.2, 0.25) is 0 Å². The molecular weight excluding hydrogens is 374 g/mol. The normalized spacial score (nSPS) is 14.7. The zero-order valence-corrected chi connectivity index (χ0v) is 15.5. The minimum absolute atomic E-state index is 0.0223. The van der Waals surface area contributed by atoms with Gasteiger partial charge in [0, 0.05) is 18.1 Å². The molecule has 0 bridgehead atoms. The first kappa shape index (κ1) is 17.7. The quantitative estimate of drug-likeness (QED) is 0.721. The van der Waals surface area contributed by atoms with Crippen LogP contribution in [0.5, 0.6) is 11.5 Å². The van der Waals surface area contributed by atoms with Gasteiger partial charge in [0.05, 0.1) is 4.70 Å². The van der Waals surface area contributed by atoms with Gasteiger partial charge in [-0.05, 0) is 26.0 Å². The van der Waals surface area contributed by atoms with Crippen molar-refractivity contribution in [1.29, 1.82) is 0 Å². The number of nitrogens with zero attached hydrogens (tertiary/aromatic N) is 1. The van der Waals surface area contributed by atoms with Crippen LogP contribution in [0.4, 0.5) is 13.9 Å². The molecule has 2 heterocycles. The second-order valence-corrected chi connectivity index (χ2v) is 7.90. The molecule has 2 aromatic carbocycles. The van der Waals surface area contributed by atoms with Crippen molar-refractivity contribution in [2.75, 3.05) is 11.9 Å². The highest BCUT2D eigenvalue weighted by molar-refractivity contribution is 7.22. The van der Waals surface area contributed by atoms with Crippen molar-refractivity contribution in [3.63, 3.8) is 0 Å². The maximum atomic E-state index is 13.7. The Morgan fingerprint density at radius 3 is 3.00 bits per heavy atom. The van der Waals surface area contributed by atoms with Gasteiger partial charge in [0.2, 0.25) is 0 Å². The molecule has 0 saturated carbocycles. The predicted octanol–water partition coefficient (Wildman–Crippen LogP) is 4.31. The number of benzene rings is 2. The first-order valence-electron chi connectivity index (χ1n) is 8.30. The molecule has 8 heteroatoms. The van der Waals surface area contributed by atoms with E-state index in [1.165, 1.54) is 6.07 Å². The summed E-state index contributed by atoms with van der Waals surface area (Å²) in [6.45, 7) is 3.71. The van der Waals surface area contributed by atoms with Gasteiger partial charge in [-0.1, -0.05) is 23.5 Å². The topological polar surface area (TPSA) is 60.5 Å². The molecule has 1 aliphatic heterocycles. The molecule has 1 N–H and O–H groups in total. The third-order valence-electron chi connectivity index (χ3n) is 4.07. The van der Waals surface area contributed by atoms with Gasteiger partial charge < -0.3 is 9.47 Å². The second kappa shape index (κ2) is 6.45. The van der Waals surface area contributed by atoms with E-state index < -0.39 is 17.5 Å². The Morgan fingerprint density at radius 2 is 2.19 bits per heavy atom. The molecule has 27 heavy (non-hydrogen) atoms. The molecule has 1 aliphatic rings. The minimum Gasteiger partial charge on any atom is -0.483 e. The van der Waals surface area contributed by atoms with Gasteiger partial charge >= 0.3 is 0 Å². The summed E-state index contributed by atoms with van der Waals surface area (Å²) in [5.74, 6) is -0.772. The number of amides is 1. The van der Waals surface area contributed by atoms with E-state index in [0.29, 0.717) is 16.2 Å². The number of carbonyl (C=O) groups is 1. The standard InChI is InChI=1S/C19H16F2N2O3S/c1-19(2)8-10-4-3-5-13(17(10)26-19)25-9-15(24)22-18-23-16-12(21)6-11(20)7-14(16)27-18/h3-7H,8-9H2,1-2H3,(H,22,23,24). The molecule has 0 fully saturated rings. The Bertz CT molecular complexity index is 1050. The lowest BCUT2D eigenvalue weighted by Gasteiger charge is -2.18. The third-order valence-corrected chi connectivity index (χ3v) is 4.99. The van der Waals surface area contributed by atoms with E-state index in [2.05, 4.69) is 10.3 Å². The molecule has 0 aliphatic carbocycles. The van der Waals surface area contributed by atoms with Crippen molar-refractivity contribution in [3.05, 3.63) is 47.5 Å². The van der Waals surface area contributed by atoms with E-state index >= 15 is 0 Å². The van der Waals surface area contributed by atoms with E-state index in [4.69, 9.17) is 9.47 Å². The Hall–Kier alpha value is -2.74. The van der Waals surface area contributed by atoms with Gasteiger partial charge in [-0.25, -0.2) is 13.8 Å². The summed E-state index contributed by atoms with van der Waals surface area (Å²) in [7, 11) is 0. The Kier molecular flexibility index (Phi) is 4.22. The van der Waals surface area contributed by atoms with Crippen LogP contribution < -0.4 is 14.8 Å². The van der Waals surface area contributed by atoms with Gasteiger partial charge in [0.1, 0.15) is 16.9 Å². The van der Waals surface area contributed by atoms with E-state index in [0.717, 1.165) is 29.4 Å². The molecule has 140 valence electrons. The summed E-state index contributed by atoms with van der Waals surface area (Å²) < 4.78 is 38.8. The first-order valence-corrected chi connectivity index (χ1v) is 9.11. The van der Waals surface area contributed by atoms with Crippen molar-refractivity contribution in [3.8, 4) is 11.5 Å². The van der Waals surface area contributed by atoms with Crippen LogP contribution in [0.25, 0.3) is 10.2 Å². The summed E-state index contributed by atoms with van der Waals surface area (Å²) in [4.78, 5) is 16.2. The average molecular weight is 390 g/mol. The smallest absolute Gasteiger partial charge is 0.264 e. The van der Waals surface area contributed by atoms with Gasteiger partial charge in [0.15, 0.2) is 29.1 Å². The molecule has 0 radical (unpaired) electrons. The molecule has 4 rings (SSSR count). The third kappa shape index (κ3) is 3.57. The molecule has 0 saturated heterocycles. The SMILES string of the molecule is CC1(C)Cc2cccc(OCC(=O)Nc3nc4c(F)cc(F)cc4s3)c2O1. The van der Waals surface area contributed by atoms with Crippen molar-refractivity contribution in [2.24, 2.45) is 0 Å². The number of halogens is 2.